The van der Waals surface area contributed by atoms with E-state index in [9.17, 15) is 9.18 Å². The van der Waals surface area contributed by atoms with Gasteiger partial charge in [0, 0.05) is 6.20 Å². The summed E-state index contributed by atoms with van der Waals surface area (Å²) in [4.78, 5) is 14.5. The quantitative estimate of drug-likeness (QED) is 0.620. The summed E-state index contributed by atoms with van der Waals surface area (Å²) in [5, 5.41) is 2.26. The number of rotatable bonds is 0. The molecule has 1 atom stereocenters. The first kappa shape index (κ1) is 7.02. The van der Waals surface area contributed by atoms with Crippen LogP contribution in [-0.2, 0) is 4.79 Å². The van der Waals surface area contributed by atoms with Crippen LogP contribution in [0.4, 0.5) is 10.2 Å². The number of hydrogen-bond acceptors (Lipinski definition) is 3. The molecule has 62 valence electrons. The van der Waals surface area contributed by atoms with Gasteiger partial charge in [0.2, 0.25) is 0 Å². The molecule has 1 aromatic rings. The van der Waals surface area contributed by atoms with Crippen molar-refractivity contribution in [1.29, 1.82) is 0 Å². The average molecular weight is 168 g/mol. The van der Waals surface area contributed by atoms with Gasteiger partial charge in [0.25, 0.3) is 5.91 Å². The third-order valence-corrected chi connectivity index (χ3v) is 1.45. The van der Waals surface area contributed by atoms with Gasteiger partial charge in [-0.15, -0.1) is 0 Å². The lowest BCUT2D eigenvalue weighted by molar-refractivity contribution is -0.130. The molecule has 4 nitrogen and oxygen atoms in total. The van der Waals surface area contributed by atoms with Gasteiger partial charge in [-0.25, -0.2) is 4.98 Å². The van der Waals surface area contributed by atoms with Gasteiger partial charge in [0.05, 0.1) is 0 Å². The maximum Gasteiger partial charge on any atom is 0.317 e. The summed E-state index contributed by atoms with van der Waals surface area (Å²) in [6, 6.07) is 3.14. The van der Waals surface area contributed by atoms with Gasteiger partial charge in [-0.3, -0.25) is 4.79 Å². The first-order valence-electron chi connectivity index (χ1n) is 3.34. The molecule has 0 fully saturated rings. The zero-order valence-electron chi connectivity index (χ0n) is 5.95. The number of hydrogen-bond donors (Lipinski definition) is 1. The van der Waals surface area contributed by atoms with E-state index in [-0.39, 0.29) is 11.6 Å². The van der Waals surface area contributed by atoms with Gasteiger partial charge in [-0.2, -0.15) is 4.39 Å². The largest absolute Gasteiger partial charge is 0.448 e. The molecule has 0 saturated heterocycles. The summed E-state index contributed by atoms with van der Waals surface area (Å²) < 4.78 is 17.2. The smallest absolute Gasteiger partial charge is 0.317 e. The Hall–Kier alpha value is -1.65. The Bertz CT molecular complexity index is 329. The maximum atomic E-state index is 12.6. The molecular weight excluding hydrogens is 163 g/mol. The highest BCUT2D eigenvalue weighted by Crippen LogP contribution is 2.26. The van der Waals surface area contributed by atoms with Crippen LogP contribution in [0.3, 0.4) is 0 Å². The predicted molar refractivity (Wildman–Crippen MR) is 38.4 cm³/mol. The molecule has 0 saturated carbocycles. The number of alkyl halides is 1. The number of nitrogens with zero attached hydrogens (tertiary/aromatic N) is 1. The third-order valence-electron chi connectivity index (χ3n) is 1.45. The highest BCUT2D eigenvalue weighted by molar-refractivity contribution is 5.95. The number of anilines is 1. The van der Waals surface area contributed by atoms with Crippen molar-refractivity contribution in [2.24, 2.45) is 0 Å². The molecule has 5 heteroatoms. The molecule has 1 N–H and O–H groups in total. The van der Waals surface area contributed by atoms with Crippen molar-refractivity contribution in [3.63, 3.8) is 0 Å². The van der Waals surface area contributed by atoms with E-state index >= 15 is 0 Å². The highest BCUT2D eigenvalue weighted by atomic mass is 19.1. The second-order valence-electron chi connectivity index (χ2n) is 2.27. The minimum atomic E-state index is -1.93. The third kappa shape index (κ3) is 0.990. The van der Waals surface area contributed by atoms with E-state index in [0.717, 1.165) is 0 Å². The number of fused-ring (bicyclic) bond motifs is 1. The number of pyridine rings is 1. The van der Waals surface area contributed by atoms with Gasteiger partial charge in [-0.05, 0) is 12.1 Å². The molecule has 0 aliphatic carbocycles. The minimum Gasteiger partial charge on any atom is -0.448 e. The second kappa shape index (κ2) is 2.44. The molecule has 1 aromatic heterocycles. The van der Waals surface area contributed by atoms with Crippen molar-refractivity contribution >= 4 is 11.7 Å². The molecule has 0 aromatic carbocycles. The van der Waals surface area contributed by atoms with E-state index in [1.54, 1.807) is 6.07 Å². The van der Waals surface area contributed by atoms with Crippen LogP contribution < -0.4 is 10.1 Å². The van der Waals surface area contributed by atoms with Crippen LogP contribution in [0.1, 0.15) is 0 Å². The molecule has 12 heavy (non-hydrogen) atoms. The van der Waals surface area contributed by atoms with Gasteiger partial charge >= 0.3 is 6.36 Å². The lowest BCUT2D eigenvalue weighted by Crippen LogP contribution is -2.33. The molecule has 0 radical (unpaired) electrons. The van der Waals surface area contributed by atoms with Crippen molar-refractivity contribution in [1.82, 2.24) is 4.98 Å². The molecule has 1 aliphatic rings. The Balaban J connectivity index is 2.40. The fraction of sp³-hybridized carbons (Fsp3) is 0.143. The van der Waals surface area contributed by atoms with Gasteiger partial charge in [0.1, 0.15) is 0 Å². The standard InChI is InChI=1S/C7H5FN2O2/c8-5-7(11)10-6-4(12-5)2-1-3-9-6/h1-3,5H,(H,9,10,11). The molecule has 2 rings (SSSR count). The molecule has 0 spiro atoms. The summed E-state index contributed by atoms with van der Waals surface area (Å²) in [6.45, 7) is 0. The monoisotopic (exact) mass is 168 g/mol. The van der Waals surface area contributed by atoms with Gasteiger partial charge < -0.3 is 10.1 Å². The van der Waals surface area contributed by atoms with Gasteiger partial charge in [0.15, 0.2) is 11.6 Å². The first-order chi connectivity index (χ1) is 5.77. The SMILES string of the molecule is O=C1Nc2ncccc2OC1F. The molecule has 1 aliphatic heterocycles. The topological polar surface area (TPSA) is 51.2 Å². The second-order valence-corrected chi connectivity index (χ2v) is 2.27. The summed E-state index contributed by atoms with van der Waals surface area (Å²) >= 11 is 0. The zero-order valence-corrected chi connectivity index (χ0v) is 5.95. The number of aromatic nitrogens is 1. The summed E-state index contributed by atoms with van der Waals surface area (Å²) in [5.74, 6) is -0.304. The first-order valence-corrected chi connectivity index (χ1v) is 3.34. The Morgan fingerprint density at radius 1 is 1.67 bits per heavy atom. The molecule has 0 bridgehead atoms. The van der Waals surface area contributed by atoms with E-state index in [1.165, 1.54) is 12.3 Å². The summed E-state index contributed by atoms with van der Waals surface area (Å²) in [5.41, 5.74) is 0. The van der Waals surface area contributed by atoms with Crippen LogP contribution in [0.15, 0.2) is 18.3 Å². The zero-order chi connectivity index (χ0) is 8.55. The minimum absolute atomic E-state index is 0.254. The van der Waals surface area contributed by atoms with E-state index in [0.29, 0.717) is 0 Å². The Labute approximate surface area is 67.4 Å². The van der Waals surface area contributed by atoms with Crippen molar-refractivity contribution in [3.05, 3.63) is 18.3 Å². The Morgan fingerprint density at radius 2 is 2.50 bits per heavy atom. The number of carbonyl (C=O) groups is 1. The van der Waals surface area contributed by atoms with Crippen molar-refractivity contribution in [2.75, 3.05) is 5.32 Å². The average Bonchev–Trinajstić information content (AvgIpc) is 2.07. The van der Waals surface area contributed by atoms with E-state index in [4.69, 9.17) is 0 Å². The van der Waals surface area contributed by atoms with Crippen LogP contribution >= 0.6 is 0 Å². The van der Waals surface area contributed by atoms with E-state index < -0.39 is 12.3 Å². The van der Waals surface area contributed by atoms with Crippen molar-refractivity contribution in [3.8, 4) is 5.75 Å². The van der Waals surface area contributed by atoms with Crippen LogP contribution in [0, 0.1) is 0 Å². The number of ether oxygens (including phenoxy) is 1. The molecule has 1 amide bonds. The summed E-state index contributed by atoms with van der Waals surface area (Å²) in [6.07, 6.45) is -0.442. The highest BCUT2D eigenvalue weighted by Gasteiger charge is 2.27. The Morgan fingerprint density at radius 3 is 3.33 bits per heavy atom. The number of amides is 1. The van der Waals surface area contributed by atoms with Crippen LogP contribution in [0.25, 0.3) is 0 Å². The predicted octanol–water partition coefficient (Wildman–Crippen LogP) is 0.708. The van der Waals surface area contributed by atoms with Crippen LogP contribution in [0.5, 0.6) is 5.75 Å². The normalized spacial score (nSPS) is 20.8. The summed E-state index contributed by atoms with van der Waals surface area (Å²) in [7, 11) is 0. The molecule has 2 heterocycles. The molecular formula is C7H5FN2O2. The number of nitrogens with one attached hydrogen (secondary N) is 1. The van der Waals surface area contributed by atoms with Gasteiger partial charge in [-0.1, -0.05) is 0 Å². The number of halogens is 1. The Kier molecular flexibility index (Phi) is 1.43. The fourth-order valence-electron chi connectivity index (χ4n) is 0.918. The number of carbonyl (C=O) groups excluding carboxylic acids is 1. The fourth-order valence-corrected chi connectivity index (χ4v) is 0.918. The maximum absolute atomic E-state index is 12.6. The van der Waals surface area contributed by atoms with Crippen LogP contribution in [0.2, 0.25) is 0 Å². The van der Waals surface area contributed by atoms with E-state index in [2.05, 4.69) is 15.0 Å². The van der Waals surface area contributed by atoms with E-state index in [1.807, 2.05) is 0 Å². The molecule has 1 unspecified atom stereocenters. The van der Waals surface area contributed by atoms with Crippen molar-refractivity contribution < 1.29 is 13.9 Å². The van der Waals surface area contributed by atoms with Crippen molar-refractivity contribution in [2.45, 2.75) is 6.36 Å². The lowest BCUT2D eigenvalue weighted by atomic mass is 10.4. The lowest BCUT2D eigenvalue weighted by Gasteiger charge is -2.18. The van der Waals surface area contributed by atoms with Crippen LogP contribution in [-0.4, -0.2) is 17.2 Å².